The highest BCUT2D eigenvalue weighted by atomic mass is 32.1. The molecule has 4 rings (SSSR count). The van der Waals surface area contributed by atoms with Gasteiger partial charge in [0.15, 0.2) is 5.96 Å². The van der Waals surface area contributed by atoms with Crippen LogP contribution in [-0.2, 0) is 62.4 Å². The number of carboxylic acids is 2. The van der Waals surface area contributed by atoms with E-state index in [-0.39, 0.29) is 75.5 Å². The number of nitrogens with one attached hydrogen (secondary N) is 9. The Morgan fingerprint density at radius 3 is 1.81 bits per heavy atom. The third-order valence-corrected chi connectivity index (χ3v) is 12.1. The summed E-state index contributed by atoms with van der Waals surface area (Å²) in [6.45, 7) is 4.99. The Morgan fingerprint density at radius 2 is 1.21 bits per heavy atom. The lowest BCUT2D eigenvalue weighted by Gasteiger charge is -2.28. The van der Waals surface area contributed by atoms with Crippen molar-refractivity contribution >= 4 is 82.8 Å². The molecule has 0 fully saturated rings. The average Bonchev–Trinajstić information content (AvgIpc) is 4.04. The Bertz CT molecular complexity index is 2610. The largest absolute Gasteiger partial charge is 0.481 e. The zero-order chi connectivity index (χ0) is 55.2. The Kier molecular flexibility index (Phi) is 23.5. The van der Waals surface area contributed by atoms with Crippen molar-refractivity contribution in [3.05, 3.63) is 90.1 Å². The van der Waals surface area contributed by atoms with E-state index in [0.29, 0.717) is 16.8 Å². The van der Waals surface area contributed by atoms with Gasteiger partial charge in [-0.05, 0) is 55.7 Å². The number of H-pyrrole nitrogens is 2. The number of para-hydroxylation sites is 1. The van der Waals surface area contributed by atoms with Gasteiger partial charge >= 0.3 is 11.9 Å². The van der Waals surface area contributed by atoms with Gasteiger partial charge in [0.25, 0.3) is 0 Å². The minimum Gasteiger partial charge on any atom is -0.481 e. The number of aromatic amines is 2. The van der Waals surface area contributed by atoms with Gasteiger partial charge in [-0.25, -0.2) is 9.78 Å². The number of nitrogens with two attached hydrogens (primary N) is 3. The molecular formula is C49H68N14O11S. The average molecular weight is 1060 g/mol. The monoisotopic (exact) mass is 1060 g/mol. The fourth-order valence-corrected chi connectivity index (χ4v) is 7.98. The topological polar surface area (TPSA) is 413 Å². The van der Waals surface area contributed by atoms with Crippen molar-refractivity contribution < 1.29 is 53.4 Å². The van der Waals surface area contributed by atoms with Crippen LogP contribution in [0.15, 0.2) is 78.3 Å². The summed E-state index contributed by atoms with van der Waals surface area (Å²) in [6, 6.07) is 5.17. The number of fused-ring (bicyclic) bond motifs is 1. The maximum absolute atomic E-state index is 14.7. The van der Waals surface area contributed by atoms with Gasteiger partial charge in [-0.3, -0.25) is 43.3 Å². The van der Waals surface area contributed by atoms with E-state index in [1.54, 1.807) is 42.6 Å². The lowest BCUT2D eigenvalue weighted by atomic mass is 9.99. The third kappa shape index (κ3) is 19.7. The van der Waals surface area contributed by atoms with Crippen LogP contribution in [0.3, 0.4) is 0 Å². The molecule has 7 amide bonds. The van der Waals surface area contributed by atoms with Gasteiger partial charge in [-0.2, -0.15) is 12.6 Å². The van der Waals surface area contributed by atoms with Crippen LogP contribution in [0.4, 0.5) is 0 Å². The van der Waals surface area contributed by atoms with Crippen LogP contribution < -0.4 is 54.4 Å². The van der Waals surface area contributed by atoms with Crippen molar-refractivity contribution in [2.24, 2.45) is 28.1 Å². The van der Waals surface area contributed by atoms with E-state index < -0.39 is 102 Å². The minimum absolute atomic E-state index is 0.0357. The molecule has 0 bridgehead atoms. The molecule has 8 atom stereocenters. The number of imidazole rings is 1. The van der Waals surface area contributed by atoms with Crippen molar-refractivity contribution in [3.63, 3.8) is 0 Å². The number of amides is 7. The van der Waals surface area contributed by atoms with Crippen LogP contribution in [-0.4, -0.2) is 145 Å². The number of rotatable bonds is 31. The zero-order valence-corrected chi connectivity index (χ0v) is 42.7. The number of thiol groups is 1. The quantitative estimate of drug-likeness (QED) is 0.0120. The fourth-order valence-electron chi connectivity index (χ4n) is 7.73. The predicted molar refractivity (Wildman–Crippen MR) is 279 cm³/mol. The van der Waals surface area contributed by atoms with Crippen LogP contribution >= 0.6 is 12.6 Å². The molecule has 0 unspecified atom stereocenters. The molecule has 0 saturated heterocycles. The first-order chi connectivity index (χ1) is 35.6. The van der Waals surface area contributed by atoms with E-state index in [0.717, 1.165) is 10.9 Å². The van der Waals surface area contributed by atoms with Crippen molar-refractivity contribution in [2.75, 3.05) is 12.3 Å². The van der Waals surface area contributed by atoms with E-state index in [4.69, 9.17) is 22.3 Å². The van der Waals surface area contributed by atoms with Gasteiger partial charge in [-0.15, -0.1) is 0 Å². The number of carbonyl (C=O) groups is 9. The second-order valence-corrected chi connectivity index (χ2v) is 18.6. The highest BCUT2D eigenvalue weighted by Gasteiger charge is 2.35. The molecule has 0 aliphatic rings. The molecule has 406 valence electrons. The second kappa shape index (κ2) is 29.6. The van der Waals surface area contributed by atoms with E-state index in [1.165, 1.54) is 19.4 Å². The predicted octanol–water partition coefficient (Wildman–Crippen LogP) is -1.36. The summed E-state index contributed by atoms with van der Waals surface area (Å²) in [5.41, 5.74) is 19.4. The maximum atomic E-state index is 14.7. The molecule has 0 aliphatic heterocycles. The molecule has 25 nitrogen and oxygen atoms in total. The van der Waals surface area contributed by atoms with E-state index in [1.807, 2.05) is 32.0 Å². The normalized spacial score (nSPS) is 14.3. The Labute approximate surface area is 438 Å². The summed E-state index contributed by atoms with van der Waals surface area (Å²) in [7, 11) is 0. The summed E-state index contributed by atoms with van der Waals surface area (Å²) < 4.78 is 0. The van der Waals surface area contributed by atoms with Gasteiger partial charge in [0.2, 0.25) is 41.4 Å². The number of aliphatic carboxylic acids is 2. The third-order valence-electron chi connectivity index (χ3n) is 11.7. The summed E-state index contributed by atoms with van der Waals surface area (Å²) in [6.07, 6.45) is 3.67. The van der Waals surface area contributed by atoms with Gasteiger partial charge < -0.3 is 74.6 Å². The molecule has 0 spiro atoms. The number of aromatic nitrogens is 3. The summed E-state index contributed by atoms with van der Waals surface area (Å²) >= 11 is 4.01. The molecule has 17 N–H and O–H groups in total. The maximum Gasteiger partial charge on any atom is 0.327 e. The number of aliphatic imine (C=N–C) groups is 1. The minimum atomic E-state index is -1.45. The van der Waals surface area contributed by atoms with Crippen LogP contribution in [0.25, 0.3) is 10.9 Å². The van der Waals surface area contributed by atoms with Crippen molar-refractivity contribution in [1.82, 2.24) is 52.2 Å². The fraction of sp³-hybridized carbons (Fsp3) is 0.449. The van der Waals surface area contributed by atoms with Gasteiger partial charge in [0.05, 0.1) is 12.4 Å². The highest BCUT2D eigenvalue weighted by molar-refractivity contribution is 7.80. The Balaban J connectivity index is 1.62. The first-order valence-corrected chi connectivity index (χ1v) is 24.8. The van der Waals surface area contributed by atoms with Gasteiger partial charge in [-0.1, -0.05) is 62.4 Å². The molecule has 4 aromatic rings. The van der Waals surface area contributed by atoms with Gasteiger partial charge in [0, 0.05) is 67.0 Å². The summed E-state index contributed by atoms with van der Waals surface area (Å²) in [5.74, 6) is -8.84. The number of nitrogens with zero attached hydrogens (tertiary/aromatic N) is 2. The number of carboxylic acid groups (broad SMARTS) is 2. The molecule has 75 heavy (non-hydrogen) atoms. The number of hydrogen-bond acceptors (Lipinski definition) is 13. The lowest BCUT2D eigenvalue weighted by Crippen LogP contribution is -2.60. The van der Waals surface area contributed by atoms with Crippen LogP contribution in [0, 0.1) is 5.92 Å². The molecule has 0 radical (unpaired) electrons. The molecular weight excluding hydrogens is 993 g/mol. The molecule has 26 heteroatoms. The van der Waals surface area contributed by atoms with E-state index in [9.17, 15) is 48.3 Å². The van der Waals surface area contributed by atoms with Crippen molar-refractivity contribution in [3.8, 4) is 0 Å². The Hall–Kier alpha value is -8.00. The number of benzene rings is 2. The lowest BCUT2D eigenvalue weighted by molar-refractivity contribution is -0.141. The molecule has 2 heterocycles. The SMILES string of the molecule is CC(C)C[C@H](NC(=O)[C@@H](N)CCC(=O)O)C(=O)N[C@@H](Cc1c[nH]c2ccccc12)C(=O)N[C@@H](Cc1cnc[nH]1)C(=O)N[C@@H](CCCN=C(N)N)C(=O)N[C@@H](C)C(=O)N[C@@H](Cc1ccccc1)C(=O)N[C@@H](CS)C(=O)O. The van der Waals surface area contributed by atoms with Crippen molar-refractivity contribution in [2.45, 2.75) is 120 Å². The summed E-state index contributed by atoms with van der Waals surface area (Å²) in [4.78, 5) is 135. The highest BCUT2D eigenvalue weighted by Crippen LogP contribution is 2.20. The first-order valence-electron chi connectivity index (χ1n) is 24.2. The molecule has 0 saturated carbocycles. The van der Waals surface area contributed by atoms with Crippen LogP contribution in [0.1, 0.15) is 69.7 Å². The van der Waals surface area contributed by atoms with Crippen LogP contribution in [0.2, 0.25) is 0 Å². The van der Waals surface area contributed by atoms with E-state index >= 15 is 0 Å². The standard InChI is InChI=1S/C49H68N14O11S/c1-26(2)18-35(60-42(67)32(50)15-16-40(64)65)44(69)61-37(20-29-22-55-33-13-8-7-12-31(29)33)46(71)62-38(21-30-23-53-25-56-30)47(72)58-34(14-9-17-54-49(51)52)43(68)57-27(3)41(66)59-36(19-28-10-5-4-6-11-28)45(70)63-39(24-75)48(73)74/h4-8,10-13,22-23,25-27,32,34-39,55,75H,9,14-21,24,50H2,1-3H3,(H,53,56)(H,57,68)(H,58,72)(H,59,66)(H,60,67)(H,61,69)(H,62,71)(H,63,70)(H,64,65)(H,73,74)(H4,51,52,54)/t27-,32-,34-,35-,36-,37-,38-,39-/m0/s1. The number of hydrogen-bond donors (Lipinski definition) is 15. The first kappa shape index (κ1) is 59.6. The Morgan fingerprint density at radius 1 is 0.653 bits per heavy atom. The van der Waals surface area contributed by atoms with E-state index in [2.05, 4.69) is 69.8 Å². The van der Waals surface area contributed by atoms with Crippen molar-refractivity contribution in [1.29, 1.82) is 0 Å². The molecule has 2 aromatic heterocycles. The second-order valence-electron chi connectivity index (χ2n) is 18.3. The number of carbonyl (C=O) groups excluding carboxylic acids is 7. The smallest absolute Gasteiger partial charge is 0.327 e. The number of guanidine groups is 1. The van der Waals surface area contributed by atoms with Gasteiger partial charge in [0.1, 0.15) is 42.3 Å². The molecule has 2 aromatic carbocycles. The van der Waals surface area contributed by atoms with Crippen LogP contribution in [0.5, 0.6) is 0 Å². The molecule has 0 aliphatic carbocycles. The zero-order valence-electron chi connectivity index (χ0n) is 41.8. The summed E-state index contributed by atoms with van der Waals surface area (Å²) in [5, 5.41) is 37.7.